The van der Waals surface area contributed by atoms with Crippen molar-refractivity contribution in [2.45, 2.75) is 32.8 Å². The molecule has 0 unspecified atom stereocenters. The van der Waals surface area contributed by atoms with Crippen LogP contribution in [0.1, 0.15) is 27.2 Å². The monoisotopic (exact) mass is 568 g/mol. The summed E-state index contributed by atoms with van der Waals surface area (Å²) in [7, 11) is 0. The predicted molar refractivity (Wildman–Crippen MR) is 144 cm³/mol. The summed E-state index contributed by atoms with van der Waals surface area (Å²) >= 11 is 0. The minimum atomic E-state index is -0.470. The fourth-order valence-electron chi connectivity index (χ4n) is 2.60. The Morgan fingerprint density at radius 1 is 0.487 bits per heavy atom. The molecule has 0 amide bonds. The van der Waals surface area contributed by atoms with E-state index in [-0.39, 0.29) is 12.4 Å². The largest absolute Gasteiger partial charge is 0.499 e. The number of rotatable bonds is 31. The SMILES string of the molecule is C=COCCOCCOCCOCCOCCOCCOCCOCCOCCOCCC(=O)OC(C)(C)C. The molecular weight excluding hydrogens is 516 g/mol. The molecule has 0 N–H and O–H groups in total. The number of carbonyl (C=O) groups excluding carboxylic acids is 1. The van der Waals surface area contributed by atoms with Gasteiger partial charge in [0, 0.05) is 0 Å². The topological polar surface area (TPSA) is 119 Å². The van der Waals surface area contributed by atoms with Gasteiger partial charge in [0.25, 0.3) is 0 Å². The molecule has 0 fully saturated rings. The molecule has 0 aliphatic carbocycles. The van der Waals surface area contributed by atoms with Crippen molar-refractivity contribution in [3.63, 3.8) is 0 Å². The highest BCUT2D eigenvalue weighted by Gasteiger charge is 2.15. The molecule has 0 heterocycles. The molecule has 12 heteroatoms. The van der Waals surface area contributed by atoms with Gasteiger partial charge in [-0.1, -0.05) is 6.58 Å². The Labute approximate surface area is 234 Å². The lowest BCUT2D eigenvalue weighted by Gasteiger charge is -2.19. The Balaban J connectivity index is 3.09. The quantitative estimate of drug-likeness (QED) is 0.0692. The molecular formula is C27H52O12. The zero-order chi connectivity index (χ0) is 28.7. The van der Waals surface area contributed by atoms with Crippen molar-refractivity contribution in [3.05, 3.63) is 12.8 Å². The van der Waals surface area contributed by atoms with Crippen molar-refractivity contribution in [2.24, 2.45) is 0 Å². The highest BCUT2D eigenvalue weighted by molar-refractivity contribution is 5.69. The van der Waals surface area contributed by atoms with Gasteiger partial charge in [-0.05, 0) is 20.8 Å². The maximum Gasteiger partial charge on any atom is 0.308 e. The summed E-state index contributed by atoms with van der Waals surface area (Å²) in [6.45, 7) is 18.2. The lowest BCUT2D eigenvalue weighted by atomic mass is 10.2. The summed E-state index contributed by atoms with van der Waals surface area (Å²) in [6.07, 6.45) is 1.63. The van der Waals surface area contributed by atoms with E-state index >= 15 is 0 Å². The van der Waals surface area contributed by atoms with Crippen molar-refractivity contribution in [2.75, 3.05) is 126 Å². The second-order valence-electron chi connectivity index (χ2n) is 8.89. The summed E-state index contributed by atoms with van der Waals surface area (Å²) in [4.78, 5) is 11.5. The average molecular weight is 569 g/mol. The Hall–Kier alpha value is -1.35. The van der Waals surface area contributed by atoms with E-state index in [4.69, 9.17) is 52.1 Å². The molecule has 0 aromatic rings. The Bertz CT molecular complexity index is 527. The molecule has 0 spiro atoms. The molecule has 232 valence electrons. The molecule has 0 aromatic carbocycles. The van der Waals surface area contributed by atoms with Gasteiger partial charge in [0.15, 0.2) is 0 Å². The smallest absolute Gasteiger partial charge is 0.308 e. The van der Waals surface area contributed by atoms with E-state index in [0.717, 1.165) is 0 Å². The summed E-state index contributed by atoms with van der Waals surface area (Å²) in [5, 5.41) is 0. The van der Waals surface area contributed by atoms with Crippen molar-refractivity contribution in [1.82, 2.24) is 0 Å². The van der Waals surface area contributed by atoms with Crippen molar-refractivity contribution in [1.29, 1.82) is 0 Å². The van der Waals surface area contributed by atoms with Crippen molar-refractivity contribution < 1.29 is 56.9 Å². The van der Waals surface area contributed by atoms with Crippen LogP contribution >= 0.6 is 0 Å². The first kappa shape index (κ1) is 37.6. The molecule has 0 atom stereocenters. The summed E-state index contributed by atoms with van der Waals surface area (Å²) in [5.41, 5.74) is -0.470. The first-order valence-corrected chi connectivity index (χ1v) is 13.6. The van der Waals surface area contributed by atoms with Crippen LogP contribution in [-0.2, 0) is 56.9 Å². The Kier molecular flexibility index (Phi) is 28.6. The molecule has 0 saturated carbocycles. The highest BCUT2D eigenvalue weighted by atomic mass is 16.6. The molecule has 0 saturated heterocycles. The Morgan fingerprint density at radius 2 is 0.744 bits per heavy atom. The van der Waals surface area contributed by atoms with Crippen LogP contribution in [0.2, 0.25) is 0 Å². The third kappa shape index (κ3) is 34.6. The van der Waals surface area contributed by atoms with E-state index in [0.29, 0.717) is 126 Å². The lowest BCUT2D eigenvalue weighted by molar-refractivity contribution is -0.156. The van der Waals surface area contributed by atoms with Gasteiger partial charge in [0.05, 0.1) is 132 Å². The molecule has 0 aliphatic heterocycles. The van der Waals surface area contributed by atoms with Crippen LogP contribution in [0.5, 0.6) is 0 Å². The highest BCUT2D eigenvalue weighted by Crippen LogP contribution is 2.08. The zero-order valence-corrected chi connectivity index (χ0v) is 24.3. The number of ether oxygens (including phenoxy) is 11. The van der Waals surface area contributed by atoms with Gasteiger partial charge < -0.3 is 52.1 Å². The van der Waals surface area contributed by atoms with E-state index < -0.39 is 5.60 Å². The van der Waals surface area contributed by atoms with E-state index in [1.165, 1.54) is 6.26 Å². The molecule has 39 heavy (non-hydrogen) atoms. The molecule has 0 aliphatic rings. The fourth-order valence-corrected chi connectivity index (χ4v) is 2.60. The second-order valence-corrected chi connectivity index (χ2v) is 8.89. The summed E-state index contributed by atoms with van der Waals surface area (Å²) < 4.78 is 58.8. The molecule has 12 nitrogen and oxygen atoms in total. The first-order valence-electron chi connectivity index (χ1n) is 13.6. The van der Waals surface area contributed by atoms with Crippen LogP contribution in [-0.4, -0.2) is 137 Å². The standard InChI is InChI=1S/C27H52O12/c1-5-29-8-9-31-12-13-33-16-17-35-20-21-37-24-25-38-23-22-36-19-18-34-15-14-32-11-10-30-7-6-26(28)39-27(2,3)4/h5H,1,6-25H2,2-4H3. The number of hydrogen-bond acceptors (Lipinski definition) is 12. The summed E-state index contributed by atoms with van der Waals surface area (Å²) in [5.74, 6) is -0.264. The summed E-state index contributed by atoms with van der Waals surface area (Å²) in [6, 6.07) is 0. The minimum absolute atomic E-state index is 0.234. The van der Waals surface area contributed by atoms with Gasteiger partial charge in [-0.15, -0.1) is 0 Å². The van der Waals surface area contributed by atoms with Gasteiger partial charge in [-0.3, -0.25) is 4.79 Å². The van der Waals surface area contributed by atoms with Crippen LogP contribution < -0.4 is 0 Å². The van der Waals surface area contributed by atoms with E-state index in [1.54, 1.807) is 0 Å². The fraction of sp³-hybridized carbons (Fsp3) is 0.889. The number of carbonyl (C=O) groups is 1. The van der Waals surface area contributed by atoms with Gasteiger partial charge in [0.1, 0.15) is 12.2 Å². The number of hydrogen-bond donors (Lipinski definition) is 0. The van der Waals surface area contributed by atoms with Gasteiger partial charge in [-0.25, -0.2) is 0 Å². The van der Waals surface area contributed by atoms with Crippen LogP contribution in [0.3, 0.4) is 0 Å². The van der Waals surface area contributed by atoms with E-state index in [9.17, 15) is 4.79 Å². The average Bonchev–Trinajstić information content (AvgIpc) is 2.88. The maximum atomic E-state index is 11.5. The Morgan fingerprint density at radius 3 is 1.00 bits per heavy atom. The maximum absolute atomic E-state index is 11.5. The number of esters is 1. The molecule has 0 radical (unpaired) electrons. The van der Waals surface area contributed by atoms with Gasteiger partial charge >= 0.3 is 5.97 Å². The van der Waals surface area contributed by atoms with Crippen LogP contribution in [0.4, 0.5) is 0 Å². The van der Waals surface area contributed by atoms with Crippen molar-refractivity contribution >= 4 is 5.97 Å². The molecule has 0 bridgehead atoms. The van der Waals surface area contributed by atoms with Crippen LogP contribution in [0.15, 0.2) is 12.8 Å². The molecule has 0 aromatic heterocycles. The predicted octanol–water partition coefficient (Wildman–Crippen LogP) is 2.03. The zero-order valence-electron chi connectivity index (χ0n) is 24.3. The van der Waals surface area contributed by atoms with Gasteiger partial charge in [0.2, 0.25) is 0 Å². The normalized spacial score (nSPS) is 11.6. The van der Waals surface area contributed by atoms with Crippen LogP contribution in [0, 0.1) is 0 Å². The third-order valence-electron chi connectivity index (χ3n) is 4.31. The lowest BCUT2D eigenvalue weighted by Crippen LogP contribution is -2.24. The third-order valence-corrected chi connectivity index (χ3v) is 4.31. The minimum Gasteiger partial charge on any atom is -0.499 e. The van der Waals surface area contributed by atoms with E-state index in [1.807, 2.05) is 20.8 Å². The van der Waals surface area contributed by atoms with Gasteiger partial charge in [-0.2, -0.15) is 0 Å². The van der Waals surface area contributed by atoms with Crippen LogP contribution in [0.25, 0.3) is 0 Å². The second kappa shape index (κ2) is 29.6. The van der Waals surface area contributed by atoms with E-state index in [2.05, 4.69) is 6.58 Å². The molecule has 0 rings (SSSR count). The first-order chi connectivity index (χ1) is 19.0. The van der Waals surface area contributed by atoms with Crippen molar-refractivity contribution in [3.8, 4) is 0 Å².